The maximum absolute atomic E-state index is 13.2. The molecule has 7 nitrogen and oxygen atoms in total. The molecule has 1 N–H and O–H groups in total. The zero-order valence-corrected chi connectivity index (χ0v) is 18.3. The van der Waals surface area contributed by atoms with Crippen molar-refractivity contribution < 1.29 is 4.79 Å². The highest BCUT2D eigenvalue weighted by molar-refractivity contribution is 6.00. The summed E-state index contributed by atoms with van der Waals surface area (Å²) in [5.74, 6) is 1.45. The van der Waals surface area contributed by atoms with Crippen LogP contribution in [-0.2, 0) is 4.79 Å². The molecule has 3 heterocycles. The van der Waals surface area contributed by atoms with Crippen LogP contribution in [0.4, 0.5) is 11.6 Å². The van der Waals surface area contributed by atoms with Crippen LogP contribution in [0.15, 0.2) is 60.1 Å². The minimum Gasteiger partial charge on any atom is -0.378 e. The Balaban J connectivity index is 1.62. The number of rotatable bonds is 3. The molecule has 3 aromatic rings. The van der Waals surface area contributed by atoms with Crippen molar-refractivity contribution in [2.75, 3.05) is 24.3 Å². The second-order valence-corrected chi connectivity index (χ2v) is 9.29. The number of nitrogens with one attached hydrogen (secondary N) is 1. The highest BCUT2D eigenvalue weighted by atomic mass is 16.1. The lowest BCUT2D eigenvalue weighted by atomic mass is 9.73. The van der Waals surface area contributed by atoms with Gasteiger partial charge in [0, 0.05) is 55.4 Å². The Hall–Kier alpha value is -3.48. The van der Waals surface area contributed by atoms with Crippen molar-refractivity contribution in [2.24, 2.45) is 5.41 Å². The molecule has 1 aromatic carbocycles. The predicted molar refractivity (Wildman–Crippen MR) is 121 cm³/mol. The van der Waals surface area contributed by atoms with Crippen LogP contribution in [0.25, 0.3) is 11.4 Å². The lowest BCUT2D eigenvalue weighted by molar-refractivity contribution is -0.118. The third-order valence-electron chi connectivity index (χ3n) is 5.97. The van der Waals surface area contributed by atoms with E-state index in [0.717, 1.165) is 34.5 Å². The number of anilines is 2. The molecule has 0 saturated heterocycles. The van der Waals surface area contributed by atoms with Crippen molar-refractivity contribution in [1.29, 1.82) is 0 Å². The molecule has 0 radical (unpaired) electrons. The summed E-state index contributed by atoms with van der Waals surface area (Å²) in [6.07, 6.45) is 4.87. The molecule has 2 aliphatic rings. The fourth-order valence-corrected chi connectivity index (χ4v) is 4.49. The third kappa shape index (κ3) is 3.40. The van der Waals surface area contributed by atoms with Gasteiger partial charge in [0.15, 0.2) is 11.6 Å². The zero-order chi connectivity index (χ0) is 21.8. The number of aromatic nitrogens is 4. The molecule has 0 amide bonds. The van der Waals surface area contributed by atoms with Gasteiger partial charge in [0.1, 0.15) is 6.04 Å². The number of nitrogens with zero attached hydrogens (tertiary/aromatic N) is 5. The standard InChI is InChI=1S/C24H26N6O/c1-24(2)12-18-20(19(31)13-24)21(16-6-5-11-25-14-16)30-23(26-18)27-22(28-30)15-7-9-17(10-8-15)29(3)4/h5-11,14,21H,12-13H2,1-4H3,(H,26,27,28)/t21-/m0/s1. The van der Waals surface area contributed by atoms with Gasteiger partial charge >= 0.3 is 0 Å². The molecule has 0 bridgehead atoms. The smallest absolute Gasteiger partial charge is 0.226 e. The van der Waals surface area contributed by atoms with Crippen LogP contribution in [0.2, 0.25) is 0 Å². The van der Waals surface area contributed by atoms with Crippen LogP contribution in [0.5, 0.6) is 0 Å². The van der Waals surface area contributed by atoms with E-state index in [4.69, 9.17) is 10.1 Å². The monoisotopic (exact) mass is 414 g/mol. The van der Waals surface area contributed by atoms with Crippen molar-refractivity contribution in [1.82, 2.24) is 19.7 Å². The molecule has 0 saturated carbocycles. The minimum absolute atomic E-state index is 0.0879. The fraction of sp³-hybridized carbons (Fsp3) is 0.333. The summed E-state index contributed by atoms with van der Waals surface area (Å²) in [5, 5.41) is 8.25. The summed E-state index contributed by atoms with van der Waals surface area (Å²) in [7, 11) is 4.03. The molecule has 0 spiro atoms. The topological polar surface area (TPSA) is 75.9 Å². The first kappa shape index (κ1) is 19.5. The SMILES string of the molecule is CN(C)c1ccc(-c2nc3n(n2)[C@@H](c2cccnc2)C2=C(CC(C)(C)CC2=O)N3)cc1. The summed E-state index contributed by atoms with van der Waals surface area (Å²) in [6.45, 7) is 4.26. The molecule has 7 heteroatoms. The molecule has 1 aliphatic heterocycles. The van der Waals surface area contributed by atoms with Crippen molar-refractivity contribution in [3.05, 3.63) is 65.6 Å². The van der Waals surface area contributed by atoms with Crippen molar-refractivity contribution in [2.45, 2.75) is 32.7 Å². The molecule has 0 unspecified atom stereocenters. The van der Waals surface area contributed by atoms with E-state index in [1.54, 1.807) is 6.20 Å². The van der Waals surface area contributed by atoms with Crippen molar-refractivity contribution in [3.63, 3.8) is 0 Å². The Morgan fingerprint density at radius 2 is 1.90 bits per heavy atom. The van der Waals surface area contributed by atoms with Gasteiger partial charge in [0.05, 0.1) is 0 Å². The van der Waals surface area contributed by atoms with Gasteiger partial charge in [0.2, 0.25) is 5.95 Å². The molecular weight excluding hydrogens is 388 g/mol. The van der Waals surface area contributed by atoms with Gasteiger partial charge in [-0.05, 0) is 47.7 Å². The Morgan fingerprint density at radius 1 is 1.13 bits per heavy atom. The van der Waals surface area contributed by atoms with E-state index in [1.807, 2.05) is 49.2 Å². The van der Waals surface area contributed by atoms with E-state index >= 15 is 0 Å². The molecular formula is C24H26N6O. The first-order valence-electron chi connectivity index (χ1n) is 10.5. The lowest BCUT2D eigenvalue weighted by Crippen LogP contribution is -2.36. The number of hydrogen-bond donors (Lipinski definition) is 1. The number of pyridine rings is 1. The van der Waals surface area contributed by atoms with Gasteiger partial charge in [-0.2, -0.15) is 4.98 Å². The number of carbonyl (C=O) groups excluding carboxylic acids is 1. The number of ketones is 1. The van der Waals surface area contributed by atoms with Crippen LogP contribution in [0, 0.1) is 5.41 Å². The maximum atomic E-state index is 13.2. The maximum Gasteiger partial charge on any atom is 0.226 e. The van der Waals surface area contributed by atoms with Crippen LogP contribution >= 0.6 is 0 Å². The largest absolute Gasteiger partial charge is 0.378 e. The molecule has 31 heavy (non-hydrogen) atoms. The van der Waals surface area contributed by atoms with Gasteiger partial charge in [-0.3, -0.25) is 9.78 Å². The van der Waals surface area contributed by atoms with E-state index in [2.05, 4.69) is 41.2 Å². The number of fused-ring (bicyclic) bond motifs is 1. The summed E-state index contributed by atoms with van der Waals surface area (Å²) >= 11 is 0. The second kappa shape index (κ2) is 7.04. The third-order valence-corrected chi connectivity index (χ3v) is 5.97. The first-order chi connectivity index (χ1) is 14.8. The average molecular weight is 415 g/mol. The fourth-order valence-electron chi connectivity index (χ4n) is 4.49. The number of Topliss-reactive ketones (excluding diaryl/α,β-unsaturated/α-hetero) is 1. The van der Waals surface area contributed by atoms with Crippen molar-refractivity contribution >= 4 is 17.4 Å². The Bertz CT molecular complexity index is 1170. The van der Waals surface area contributed by atoms with E-state index in [0.29, 0.717) is 18.2 Å². The highest BCUT2D eigenvalue weighted by Crippen LogP contribution is 2.45. The normalized spacial score (nSPS) is 19.5. The lowest BCUT2D eigenvalue weighted by Gasteiger charge is -2.38. The quantitative estimate of drug-likeness (QED) is 0.696. The predicted octanol–water partition coefficient (Wildman–Crippen LogP) is 4.06. The molecule has 5 rings (SSSR count). The second-order valence-electron chi connectivity index (χ2n) is 9.29. The average Bonchev–Trinajstić information content (AvgIpc) is 3.15. The van der Waals surface area contributed by atoms with E-state index in [-0.39, 0.29) is 17.2 Å². The van der Waals surface area contributed by atoms with Gasteiger partial charge in [-0.1, -0.05) is 19.9 Å². The van der Waals surface area contributed by atoms with E-state index < -0.39 is 0 Å². The molecule has 0 fully saturated rings. The number of hydrogen-bond acceptors (Lipinski definition) is 6. The first-order valence-corrected chi connectivity index (χ1v) is 10.5. The Morgan fingerprint density at radius 3 is 2.58 bits per heavy atom. The van der Waals surface area contributed by atoms with Gasteiger partial charge in [-0.25, -0.2) is 4.68 Å². The van der Waals surface area contributed by atoms with Gasteiger partial charge in [-0.15, -0.1) is 5.10 Å². The summed E-state index contributed by atoms with van der Waals surface area (Å²) in [4.78, 5) is 24.4. The Kier molecular flexibility index (Phi) is 4.43. The zero-order valence-electron chi connectivity index (χ0n) is 18.3. The summed E-state index contributed by atoms with van der Waals surface area (Å²) < 4.78 is 1.83. The number of benzene rings is 1. The minimum atomic E-state index is -0.328. The van der Waals surface area contributed by atoms with E-state index in [1.165, 1.54) is 0 Å². The van der Waals surface area contributed by atoms with Gasteiger partial charge in [0.25, 0.3) is 0 Å². The summed E-state index contributed by atoms with van der Waals surface area (Å²) in [5.41, 5.74) is 4.62. The molecule has 1 aliphatic carbocycles. The van der Waals surface area contributed by atoms with Crippen LogP contribution < -0.4 is 10.2 Å². The Labute approximate surface area is 181 Å². The van der Waals surface area contributed by atoms with Crippen LogP contribution in [-0.4, -0.2) is 39.6 Å². The highest BCUT2D eigenvalue weighted by Gasteiger charge is 2.41. The van der Waals surface area contributed by atoms with E-state index in [9.17, 15) is 4.79 Å². The van der Waals surface area contributed by atoms with Crippen LogP contribution in [0.3, 0.4) is 0 Å². The summed E-state index contributed by atoms with van der Waals surface area (Å²) in [6, 6.07) is 11.7. The van der Waals surface area contributed by atoms with Crippen molar-refractivity contribution in [3.8, 4) is 11.4 Å². The molecule has 1 atom stereocenters. The number of carbonyl (C=O) groups is 1. The molecule has 2 aromatic heterocycles. The van der Waals surface area contributed by atoms with Crippen LogP contribution in [0.1, 0.15) is 38.3 Å². The molecule has 158 valence electrons. The van der Waals surface area contributed by atoms with Gasteiger partial charge < -0.3 is 10.2 Å². The number of allylic oxidation sites excluding steroid dienone is 2.